The van der Waals surface area contributed by atoms with E-state index in [1.807, 2.05) is 30.3 Å². The molecular formula is C16H13F2N5OS. The second-order valence-corrected chi connectivity index (χ2v) is 5.85. The Bertz CT molecular complexity index is 856. The van der Waals surface area contributed by atoms with Crippen LogP contribution in [0.1, 0.15) is 16.2 Å². The number of thioether (sulfide) groups is 1. The van der Waals surface area contributed by atoms with Gasteiger partial charge in [0, 0.05) is 11.9 Å². The lowest BCUT2D eigenvalue weighted by atomic mass is 10.2. The van der Waals surface area contributed by atoms with Crippen LogP contribution >= 0.6 is 11.8 Å². The molecule has 3 aromatic rings. The zero-order valence-corrected chi connectivity index (χ0v) is 13.7. The highest BCUT2D eigenvalue weighted by Gasteiger charge is 2.17. The molecule has 0 aliphatic rings. The van der Waals surface area contributed by atoms with Crippen LogP contribution in [0.2, 0.25) is 0 Å². The molecule has 0 saturated heterocycles. The van der Waals surface area contributed by atoms with Gasteiger partial charge in [0.25, 0.3) is 11.7 Å². The number of hydrogen-bond donors (Lipinski definition) is 1. The molecule has 3 rings (SSSR count). The highest BCUT2D eigenvalue weighted by molar-refractivity contribution is 7.99. The lowest BCUT2D eigenvalue weighted by molar-refractivity contribution is 0.0946. The monoisotopic (exact) mass is 361 g/mol. The molecule has 0 unspecified atom stereocenters. The maximum atomic E-state index is 12.6. The van der Waals surface area contributed by atoms with E-state index in [-0.39, 0.29) is 28.9 Å². The van der Waals surface area contributed by atoms with E-state index >= 15 is 0 Å². The molecule has 6 nitrogen and oxygen atoms in total. The molecular weight excluding hydrogens is 348 g/mol. The van der Waals surface area contributed by atoms with Crippen molar-refractivity contribution in [2.24, 2.45) is 0 Å². The molecule has 0 aliphatic carbocycles. The summed E-state index contributed by atoms with van der Waals surface area (Å²) in [7, 11) is 0. The second-order valence-electron chi connectivity index (χ2n) is 4.87. The van der Waals surface area contributed by atoms with Crippen molar-refractivity contribution in [1.82, 2.24) is 25.1 Å². The number of carbonyl (C=O) groups is 1. The molecule has 0 bridgehead atoms. The fraction of sp³-hybridized carbons (Fsp3) is 0.125. The minimum atomic E-state index is -2.65. The number of pyridine rings is 1. The molecule has 1 N–H and O–H groups in total. The number of para-hydroxylation sites is 1. The number of carbonyl (C=O) groups excluding carboxylic acids is 1. The Morgan fingerprint density at radius 1 is 1.20 bits per heavy atom. The number of nitrogens with one attached hydrogen (secondary N) is 1. The first-order chi connectivity index (χ1) is 12.1. The zero-order valence-electron chi connectivity index (χ0n) is 12.8. The summed E-state index contributed by atoms with van der Waals surface area (Å²) in [5, 5.41) is 10.5. The summed E-state index contributed by atoms with van der Waals surface area (Å²) in [5.74, 6) is -2.63. The van der Waals surface area contributed by atoms with Gasteiger partial charge in [0.15, 0.2) is 5.82 Å². The first kappa shape index (κ1) is 17.0. The smallest absolute Gasteiger partial charge is 0.290 e. The number of halogens is 2. The van der Waals surface area contributed by atoms with Crippen LogP contribution < -0.4 is 5.32 Å². The van der Waals surface area contributed by atoms with Crippen LogP contribution in [-0.2, 0) is 6.54 Å². The van der Waals surface area contributed by atoms with Gasteiger partial charge in [-0.05, 0) is 36.0 Å². The van der Waals surface area contributed by atoms with Crippen LogP contribution in [0.4, 0.5) is 8.78 Å². The highest BCUT2D eigenvalue weighted by Crippen LogP contribution is 2.26. The van der Waals surface area contributed by atoms with E-state index in [1.165, 1.54) is 18.3 Å². The summed E-state index contributed by atoms with van der Waals surface area (Å²) in [5.41, 5.74) is 0.950. The summed E-state index contributed by atoms with van der Waals surface area (Å²) >= 11 is 0.238. The number of aromatic nitrogens is 4. The maximum absolute atomic E-state index is 12.6. The fourth-order valence-corrected chi connectivity index (χ4v) is 2.76. The number of benzene rings is 1. The summed E-state index contributed by atoms with van der Waals surface area (Å²) in [6.45, 7) is 0.0986. The minimum Gasteiger partial charge on any atom is -0.345 e. The van der Waals surface area contributed by atoms with E-state index in [0.29, 0.717) is 5.82 Å². The lowest BCUT2D eigenvalue weighted by Gasteiger charge is -2.09. The Kier molecular flexibility index (Phi) is 5.34. The number of nitrogens with zero attached hydrogens (tertiary/aromatic N) is 4. The van der Waals surface area contributed by atoms with Crippen LogP contribution in [0, 0.1) is 0 Å². The van der Waals surface area contributed by atoms with Crippen molar-refractivity contribution in [2.75, 3.05) is 0 Å². The summed E-state index contributed by atoms with van der Waals surface area (Å²) in [6.07, 6.45) is 2.91. The number of alkyl halides is 2. The van der Waals surface area contributed by atoms with Gasteiger partial charge in [0.2, 0.25) is 0 Å². The average Bonchev–Trinajstić information content (AvgIpc) is 3.09. The van der Waals surface area contributed by atoms with Gasteiger partial charge in [-0.1, -0.05) is 18.2 Å². The van der Waals surface area contributed by atoms with E-state index < -0.39 is 11.7 Å². The first-order valence-corrected chi connectivity index (χ1v) is 8.15. The van der Waals surface area contributed by atoms with Crippen LogP contribution in [0.5, 0.6) is 0 Å². The Morgan fingerprint density at radius 2 is 2.00 bits per heavy atom. The molecule has 25 heavy (non-hydrogen) atoms. The largest absolute Gasteiger partial charge is 0.345 e. The van der Waals surface area contributed by atoms with Gasteiger partial charge in [-0.3, -0.25) is 9.36 Å². The van der Waals surface area contributed by atoms with Gasteiger partial charge in [-0.15, -0.1) is 10.2 Å². The normalized spacial score (nSPS) is 10.8. The highest BCUT2D eigenvalue weighted by atomic mass is 32.2. The van der Waals surface area contributed by atoms with Crippen molar-refractivity contribution in [3.8, 4) is 5.69 Å². The van der Waals surface area contributed by atoms with Crippen LogP contribution in [-0.4, -0.2) is 31.4 Å². The van der Waals surface area contributed by atoms with Crippen LogP contribution in [0.15, 0.2) is 60.0 Å². The third kappa shape index (κ3) is 4.18. The number of rotatable bonds is 6. The quantitative estimate of drug-likeness (QED) is 0.684. The molecule has 9 heteroatoms. The molecule has 2 aromatic heterocycles. The molecule has 0 spiro atoms. The first-order valence-electron chi connectivity index (χ1n) is 7.27. The molecule has 2 heterocycles. The Morgan fingerprint density at radius 3 is 2.76 bits per heavy atom. The molecule has 0 aliphatic heterocycles. The van der Waals surface area contributed by atoms with Gasteiger partial charge in [0.05, 0.1) is 12.1 Å². The predicted molar refractivity (Wildman–Crippen MR) is 88.6 cm³/mol. The second kappa shape index (κ2) is 7.84. The molecule has 0 atom stereocenters. The molecule has 1 amide bonds. The van der Waals surface area contributed by atoms with Gasteiger partial charge >= 0.3 is 0 Å². The maximum Gasteiger partial charge on any atom is 0.290 e. The SMILES string of the molecule is O=C(NCc1nncn1-c1ccccc1)c1cccnc1SC(F)F. The topological polar surface area (TPSA) is 72.7 Å². The number of hydrogen-bond acceptors (Lipinski definition) is 5. The predicted octanol–water partition coefficient (Wildman–Crippen LogP) is 2.91. The van der Waals surface area contributed by atoms with E-state index in [1.54, 1.807) is 10.9 Å². The molecule has 128 valence electrons. The molecule has 0 saturated carbocycles. The average molecular weight is 361 g/mol. The van der Waals surface area contributed by atoms with Crippen LogP contribution in [0.25, 0.3) is 5.69 Å². The lowest BCUT2D eigenvalue weighted by Crippen LogP contribution is -2.25. The van der Waals surface area contributed by atoms with Gasteiger partial charge in [-0.25, -0.2) is 4.98 Å². The Balaban J connectivity index is 1.73. The Hall–Kier alpha value is -2.81. The molecule has 1 aromatic carbocycles. The van der Waals surface area contributed by atoms with E-state index in [9.17, 15) is 13.6 Å². The Labute approximate surface area is 146 Å². The minimum absolute atomic E-state index is 0.0143. The van der Waals surface area contributed by atoms with Gasteiger partial charge in [-0.2, -0.15) is 8.78 Å². The van der Waals surface area contributed by atoms with Crippen molar-refractivity contribution in [2.45, 2.75) is 17.3 Å². The van der Waals surface area contributed by atoms with Crippen molar-refractivity contribution in [3.63, 3.8) is 0 Å². The van der Waals surface area contributed by atoms with E-state index in [4.69, 9.17) is 0 Å². The fourth-order valence-electron chi connectivity index (χ4n) is 2.18. The summed E-state index contributed by atoms with van der Waals surface area (Å²) in [6, 6.07) is 12.4. The van der Waals surface area contributed by atoms with Crippen molar-refractivity contribution >= 4 is 17.7 Å². The third-order valence-electron chi connectivity index (χ3n) is 3.28. The number of amides is 1. The van der Waals surface area contributed by atoms with Crippen molar-refractivity contribution in [1.29, 1.82) is 0 Å². The van der Waals surface area contributed by atoms with Gasteiger partial charge in [0.1, 0.15) is 11.4 Å². The van der Waals surface area contributed by atoms with Crippen molar-refractivity contribution < 1.29 is 13.6 Å². The molecule has 0 fully saturated rings. The van der Waals surface area contributed by atoms with E-state index in [0.717, 1.165) is 5.69 Å². The van der Waals surface area contributed by atoms with Crippen molar-refractivity contribution in [3.05, 3.63) is 66.4 Å². The third-order valence-corrected chi connectivity index (χ3v) is 4.00. The van der Waals surface area contributed by atoms with Gasteiger partial charge < -0.3 is 5.32 Å². The summed E-state index contributed by atoms with van der Waals surface area (Å²) in [4.78, 5) is 16.2. The molecule has 0 radical (unpaired) electrons. The standard InChI is InChI=1S/C16H13F2N5OS/c17-16(18)25-15-12(7-4-8-19-15)14(24)20-9-13-22-21-10-23(13)11-5-2-1-3-6-11/h1-8,10,16H,9H2,(H,20,24). The van der Waals surface area contributed by atoms with E-state index in [2.05, 4.69) is 20.5 Å². The summed E-state index contributed by atoms with van der Waals surface area (Å²) < 4.78 is 26.9. The van der Waals surface area contributed by atoms with Crippen LogP contribution in [0.3, 0.4) is 0 Å². The zero-order chi connectivity index (χ0) is 17.6.